The Labute approximate surface area is 117 Å². The first kappa shape index (κ1) is 12.9. The van der Waals surface area contributed by atoms with Crippen LogP contribution in [0.3, 0.4) is 0 Å². The molecule has 1 fully saturated rings. The maximum absolute atomic E-state index is 10.8. The predicted molar refractivity (Wildman–Crippen MR) is 74.9 cm³/mol. The predicted octanol–water partition coefficient (Wildman–Crippen LogP) is 1.73. The van der Waals surface area contributed by atoms with Gasteiger partial charge in [0.15, 0.2) is 5.65 Å². The van der Waals surface area contributed by atoms with Gasteiger partial charge in [-0.25, -0.2) is 4.98 Å². The minimum Gasteiger partial charge on any atom is -0.481 e. The van der Waals surface area contributed by atoms with Gasteiger partial charge in [-0.15, -0.1) is 0 Å². The van der Waals surface area contributed by atoms with E-state index in [1.165, 1.54) is 0 Å². The Balaban J connectivity index is 1.79. The van der Waals surface area contributed by atoms with Gasteiger partial charge in [0.1, 0.15) is 12.1 Å². The lowest BCUT2D eigenvalue weighted by molar-refractivity contribution is -0.138. The van der Waals surface area contributed by atoms with Crippen LogP contribution in [0.5, 0.6) is 0 Å². The fourth-order valence-electron chi connectivity index (χ4n) is 2.87. The number of aryl methyl sites for hydroxylation is 1. The molecule has 0 atom stereocenters. The van der Waals surface area contributed by atoms with Crippen molar-refractivity contribution in [2.24, 2.45) is 5.92 Å². The third-order valence-corrected chi connectivity index (χ3v) is 3.91. The van der Waals surface area contributed by atoms with Crippen LogP contribution < -0.4 is 4.90 Å². The molecule has 6 nitrogen and oxygen atoms in total. The lowest BCUT2D eigenvalue weighted by Gasteiger charge is -2.33. The second kappa shape index (κ2) is 5.11. The molecule has 3 heterocycles. The first-order valence-electron chi connectivity index (χ1n) is 6.90. The van der Waals surface area contributed by atoms with Crippen LogP contribution in [0.15, 0.2) is 18.5 Å². The minimum atomic E-state index is -0.697. The van der Waals surface area contributed by atoms with Crippen molar-refractivity contribution in [2.45, 2.75) is 26.2 Å². The fourth-order valence-corrected chi connectivity index (χ4v) is 2.87. The summed E-state index contributed by atoms with van der Waals surface area (Å²) in [6.45, 7) is 3.79. The molecular formula is C14H18N4O2. The van der Waals surface area contributed by atoms with Crippen molar-refractivity contribution in [3.8, 4) is 0 Å². The van der Waals surface area contributed by atoms with Crippen LogP contribution in [0.2, 0.25) is 0 Å². The summed E-state index contributed by atoms with van der Waals surface area (Å²) in [5.74, 6) is 0.642. The van der Waals surface area contributed by atoms with Crippen LogP contribution in [0.4, 0.5) is 5.82 Å². The third kappa shape index (κ3) is 2.45. The van der Waals surface area contributed by atoms with E-state index in [-0.39, 0.29) is 6.42 Å². The normalized spacial score (nSPS) is 16.8. The number of rotatable bonds is 3. The maximum Gasteiger partial charge on any atom is 0.303 e. The molecule has 0 spiro atoms. The Bertz CT molecular complexity index is 629. The standard InChI is InChI=1S/C14H18N4O2/c1-10-6-12-15-9-16-18(12)13(7-10)17-4-2-11(3-5-17)8-14(19)20/h6-7,9,11H,2-5,8H2,1H3,(H,19,20). The second-order valence-electron chi connectivity index (χ2n) is 5.45. The molecule has 106 valence electrons. The molecule has 6 heteroatoms. The maximum atomic E-state index is 10.8. The molecule has 0 amide bonds. The number of nitrogens with zero attached hydrogens (tertiary/aromatic N) is 4. The van der Waals surface area contributed by atoms with Gasteiger partial charge < -0.3 is 10.0 Å². The highest BCUT2D eigenvalue weighted by Crippen LogP contribution is 2.26. The Kier molecular flexibility index (Phi) is 3.30. The van der Waals surface area contributed by atoms with E-state index in [1.807, 2.05) is 10.6 Å². The van der Waals surface area contributed by atoms with Crippen LogP contribution in [-0.2, 0) is 4.79 Å². The number of aromatic nitrogens is 3. The zero-order valence-electron chi connectivity index (χ0n) is 11.5. The molecule has 1 saturated heterocycles. The highest BCUT2D eigenvalue weighted by atomic mass is 16.4. The summed E-state index contributed by atoms with van der Waals surface area (Å²) in [4.78, 5) is 17.3. The molecule has 1 aliphatic heterocycles. The van der Waals surface area contributed by atoms with E-state index >= 15 is 0 Å². The number of carbonyl (C=O) groups is 1. The zero-order valence-corrected chi connectivity index (χ0v) is 11.5. The Hall–Kier alpha value is -2.11. The van der Waals surface area contributed by atoms with Crippen LogP contribution in [0, 0.1) is 12.8 Å². The van der Waals surface area contributed by atoms with Crippen LogP contribution in [-0.4, -0.2) is 38.8 Å². The summed E-state index contributed by atoms with van der Waals surface area (Å²) < 4.78 is 1.85. The summed E-state index contributed by atoms with van der Waals surface area (Å²) >= 11 is 0. The lowest BCUT2D eigenvalue weighted by Crippen LogP contribution is -2.35. The molecule has 20 heavy (non-hydrogen) atoms. The average molecular weight is 274 g/mol. The van der Waals surface area contributed by atoms with E-state index in [1.54, 1.807) is 6.33 Å². The van der Waals surface area contributed by atoms with Gasteiger partial charge in [-0.1, -0.05) is 0 Å². The number of carboxylic acids is 1. The first-order valence-corrected chi connectivity index (χ1v) is 6.90. The number of fused-ring (bicyclic) bond motifs is 1. The first-order chi connectivity index (χ1) is 9.63. The van der Waals surface area contributed by atoms with Crippen molar-refractivity contribution >= 4 is 17.4 Å². The summed E-state index contributed by atoms with van der Waals surface area (Å²) in [7, 11) is 0. The monoisotopic (exact) mass is 274 g/mol. The van der Waals surface area contributed by atoms with Gasteiger partial charge in [-0.05, 0) is 43.4 Å². The minimum absolute atomic E-state index is 0.278. The SMILES string of the molecule is Cc1cc(N2CCC(CC(=O)O)CC2)n2ncnc2c1. The van der Waals surface area contributed by atoms with Gasteiger partial charge in [-0.2, -0.15) is 9.61 Å². The molecule has 0 bridgehead atoms. The number of anilines is 1. The van der Waals surface area contributed by atoms with Crippen molar-refractivity contribution in [1.29, 1.82) is 0 Å². The van der Waals surface area contributed by atoms with Gasteiger partial charge in [0.25, 0.3) is 0 Å². The molecule has 2 aromatic rings. The third-order valence-electron chi connectivity index (χ3n) is 3.91. The molecular weight excluding hydrogens is 256 g/mol. The van der Waals surface area contributed by atoms with E-state index in [9.17, 15) is 4.79 Å². The van der Waals surface area contributed by atoms with Gasteiger partial charge >= 0.3 is 5.97 Å². The zero-order chi connectivity index (χ0) is 14.1. The second-order valence-corrected chi connectivity index (χ2v) is 5.45. The van der Waals surface area contributed by atoms with Crippen LogP contribution in [0.1, 0.15) is 24.8 Å². The molecule has 0 saturated carbocycles. The van der Waals surface area contributed by atoms with Crippen molar-refractivity contribution in [2.75, 3.05) is 18.0 Å². The number of carboxylic acid groups (broad SMARTS) is 1. The fraction of sp³-hybridized carbons (Fsp3) is 0.500. The molecule has 0 aliphatic carbocycles. The van der Waals surface area contributed by atoms with Crippen molar-refractivity contribution in [1.82, 2.24) is 14.6 Å². The van der Waals surface area contributed by atoms with Crippen LogP contribution in [0.25, 0.3) is 5.65 Å². The largest absolute Gasteiger partial charge is 0.481 e. The summed E-state index contributed by atoms with van der Waals surface area (Å²) in [5, 5.41) is 13.1. The average Bonchev–Trinajstić information content (AvgIpc) is 2.86. The van der Waals surface area contributed by atoms with Gasteiger partial charge in [0, 0.05) is 19.5 Å². The smallest absolute Gasteiger partial charge is 0.303 e. The summed E-state index contributed by atoms with van der Waals surface area (Å²) in [5.41, 5.74) is 2.01. The van der Waals surface area contributed by atoms with Gasteiger partial charge in [0.05, 0.1) is 0 Å². The topological polar surface area (TPSA) is 70.7 Å². The lowest BCUT2D eigenvalue weighted by atomic mass is 9.93. The van der Waals surface area contributed by atoms with Gasteiger partial charge in [0.2, 0.25) is 0 Å². The number of pyridine rings is 1. The van der Waals surface area contributed by atoms with E-state index < -0.39 is 5.97 Å². The Morgan fingerprint density at radius 2 is 2.15 bits per heavy atom. The summed E-state index contributed by atoms with van der Waals surface area (Å²) in [6, 6.07) is 4.12. The number of hydrogen-bond acceptors (Lipinski definition) is 4. The number of hydrogen-bond donors (Lipinski definition) is 1. The number of aliphatic carboxylic acids is 1. The van der Waals surface area contributed by atoms with Crippen molar-refractivity contribution in [3.05, 3.63) is 24.0 Å². The van der Waals surface area contributed by atoms with E-state index in [4.69, 9.17) is 5.11 Å². The molecule has 1 N–H and O–H groups in total. The molecule has 0 unspecified atom stereocenters. The van der Waals surface area contributed by atoms with E-state index in [0.717, 1.165) is 43.0 Å². The van der Waals surface area contributed by atoms with Gasteiger partial charge in [-0.3, -0.25) is 4.79 Å². The van der Waals surface area contributed by atoms with Crippen molar-refractivity contribution in [3.63, 3.8) is 0 Å². The highest BCUT2D eigenvalue weighted by molar-refractivity contribution is 5.67. The molecule has 0 aromatic carbocycles. The molecule has 3 rings (SSSR count). The molecule has 2 aromatic heterocycles. The quantitative estimate of drug-likeness (QED) is 0.923. The van der Waals surface area contributed by atoms with E-state index in [0.29, 0.717) is 5.92 Å². The Morgan fingerprint density at radius 3 is 2.85 bits per heavy atom. The number of piperidine rings is 1. The highest BCUT2D eigenvalue weighted by Gasteiger charge is 2.23. The Morgan fingerprint density at radius 1 is 1.40 bits per heavy atom. The van der Waals surface area contributed by atoms with Crippen LogP contribution >= 0.6 is 0 Å². The molecule has 0 radical (unpaired) electrons. The van der Waals surface area contributed by atoms with E-state index in [2.05, 4.69) is 28.0 Å². The summed E-state index contributed by atoms with van der Waals surface area (Å²) in [6.07, 6.45) is 3.67. The van der Waals surface area contributed by atoms with Crippen molar-refractivity contribution < 1.29 is 9.90 Å². The molecule has 1 aliphatic rings.